The number of nitrogens with zero attached hydrogens (tertiary/aromatic N) is 2. The van der Waals surface area contributed by atoms with Crippen molar-refractivity contribution in [3.8, 4) is 23.0 Å². The lowest BCUT2D eigenvalue weighted by molar-refractivity contribution is -0.384. The van der Waals surface area contributed by atoms with Gasteiger partial charge in [0.05, 0.1) is 41.1 Å². The number of oxime groups is 1. The molecule has 1 aliphatic heterocycles. The van der Waals surface area contributed by atoms with E-state index in [0.717, 1.165) is 78.7 Å². The summed E-state index contributed by atoms with van der Waals surface area (Å²) in [5, 5.41) is 36.2. The van der Waals surface area contributed by atoms with Gasteiger partial charge >= 0.3 is 0 Å². The minimum absolute atomic E-state index is 0.0157. The summed E-state index contributed by atoms with van der Waals surface area (Å²) in [7, 11) is 1.53. The fourth-order valence-corrected chi connectivity index (χ4v) is 12.4. The summed E-state index contributed by atoms with van der Waals surface area (Å²) in [5.41, 5.74) is 4.01. The highest BCUT2D eigenvalue weighted by atomic mass is 32.2. The highest BCUT2D eigenvalue weighted by Gasteiger charge is 2.64. The first kappa shape index (κ1) is 55.6. The third kappa shape index (κ3) is 15.4. The van der Waals surface area contributed by atoms with Gasteiger partial charge in [-0.05, 0) is 109 Å². The molecule has 0 unspecified atom stereocenters. The monoisotopic (exact) mass is 997 g/mol. The van der Waals surface area contributed by atoms with Gasteiger partial charge in [0.2, 0.25) is 5.79 Å². The molecule has 0 radical (unpaired) electrons. The number of hydrogen-bond donors (Lipinski definition) is 2. The average molecular weight is 997 g/mol. The minimum Gasteiger partial charge on any atom is -0.496 e. The Morgan fingerprint density at radius 2 is 1.49 bits per heavy atom. The number of aliphatic hydroxyl groups is 2. The smallest absolute Gasteiger partial charge is 0.269 e. The molecule has 0 spiro atoms. The van der Waals surface area contributed by atoms with Crippen molar-refractivity contribution >= 4 is 29.4 Å². The minimum atomic E-state index is -1.10. The van der Waals surface area contributed by atoms with Gasteiger partial charge in [-0.3, -0.25) is 14.9 Å². The van der Waals surface area contributed by atoms with E-state index in [1.807, 2.05) is 23.9 Å². The molecule has 0 amide bonds. The summed E-state index contributed by atoms with van der Waals surface area (Å²) >= 11 is 1.88. The van der Waals surface area contributed by atoms with E-state index in [9.17, 15) is 25.1 Å². The third-order valence-electron chi connectivity index (χ3n) is 14.6. The van der Waals surface area contributed by atoms with Crippen LogP contribution in [0.4, 0.5) is 5.69 Å². The molecule has 3 aromatic carbocycles. The number of carbonyl (C=O) groups is 1. The Labute approximate surface area is 427 Å². The van der Waals surface area contributed by atoms with Crippen molar-refractivity contribution in [3.63, 3.8) is 0 Å². The molecule has 2 N–H and O–H groups in total. The molecule has 6 rings (SSSR count). The number of nitro benzene ring substituents is 1. The number of non-ortho nitro benzene ring substituents is 1. The maximum absolute atomic E-state index is 12.0. The Morgan fingerprint density at radius 3 is 2.13 bits per heavy atom. The molecule has 1 fully saturated rings. The fourth-order valence-electron chi connectivity index (χ4n) is 11.0. The molecule has 3 aromatic rings. The number of fused-ring (bicyclic) bond motifs is 2. The largest absolute Gasteiger partial charge is 0.496 e. The maximum atomic E-state index is 12.0. The summed E-state index contributed by atoms with van der Waals surface area (Å²) in [5.74, 6) is 1.87. The molecule has 2 aliphatic carbocycles. The van der Waals surface area contributed by atoms with Crippen molar-refractivity contribution in [1.29, 1.82) is 0 Å². The van der Waals surface area contributed by atoms with Gasteiger partial charge in [-0.15, -0.1) is 6.58 Å². The lowest BCUT2D eigenvalue weighted by Gasteiger charge is -2.58. The molecule has 0 bridgehead atoms. The van der Waals surface area contributed by atoms with Crippen LogP contribution in [-0.4, -0.2) is 70.9 Å². The topological polar surface area (TPSA) is 159 Å². The zero-order chi connectivity index (χ0) is 50.3. The van der Waals surface area contributed by atoms with Crippen LogP contribution in [0, 0.1) is 27.9 Å². The van der Waals surface area contributed by atoms with E-state index in [1.54, 1.807) is 36.4 Å². The summed E-state index contributed by atoms with van der Waals surface area (Å²) in [6.45, 7) is 6.98. The van der Waals surface area contributed by atoms with Crippen LogP contribution in [0.15, 0.2) is 90.1 Å². The predicted molar refractivity (Wildman–Crippen MR) is 284 cm³/mol. The highest BCUT2D eigenvalue weighted by molar-refractivity contribution is 8.00. The number of thioether (sulfide) groups is 1. The standard InChI is InChI=1S/C58H80N2O10S/c1-4-6-7-8-9-10-11-12-13-14-15-16-17-22-36-71-55-40-52(59-68-42-43-25-27-46(28-26-43)60(64)65)50-38-44(23-18-20-33-61)49(24-19-21-34-62)56-51-39-48(69-47-29-31-53(66-3)45(37-47)41-63)30-32-54(51)70-58(55,57(50)56)67-35-5-2/h5,25-32,37-39,41,44,49,55-57,61-62H,2,4,6-24,33-36,40,42H2,1,3H3/t44-,49+,55-,56+,57+,58+/m0/s1. The summed E-state index contributed by atoms with van der Waals surface area (Å²) in [6, 6.07) is 17.5. The average Bonchev–Trinajstić information content (AvgIpc) is 3.38. The van der Waals surface area contributed by atoms with Crippen LogP contribution in [0.3, 0.4) is 0 Å². The second kappa shape index (κ2) is 29.7. The van der Waals surface area contributed by atoms with Crippen molar-refractivity contribution in [1.82, 2.24) is 0 Å². The molecule has 12 nitrogen and oxygen atoms in total. The van der Waals surface area contributed by atoms with Gasteiger partial charge in [0.15, 0.2) is 6.29 Å². The van der Waals surface area contributed by atoms with Gasteiger partial charge in [-0.1, -0.05) is 121 Å². The first-order chi connectivity index (χ1) is 34.8. The summed E-state index contributed by atoms with van der Waals surface area (Å²) in [4.78, 5) is 29.2. The molecule has 13 heteroatoms. The molecule has 388 valence electrons. The number of aldehydes is 1. The Balaban J connectivity index is 1.33. The lowest BCUT2D eigenvalue weighted by Crippen LogP contribution is -2.64. The van der Waals surface area contributed by atoms with Gasteiger partial charge in [0.1, 0.15) is 29.6 Å². The van der Waals surface area contributed by atoms with E-state index in [-0.39, 0.29) is 61.0 Å². The zero-order valence-corrected chi connectivity index (χ0v) is 43.3. The van der Waals surface area contributed by atoms with Crippen molar-refractivity contribution in [3.05, 3.63) is 112 Å². The second-order valence-electron chi connectivity index (χ2n) is 19.5. The van der Waals surface area contributed by atoms with Crippen LogP contribution in [0.1, 0.15) is 169 Å². The first-order valence-electron chi connectivity index (χ1n) is 26.7. The van der Waals surface area contributed by atoms with Crippen molar-refractivity contribution in [2.45, 2.75) is 165 Å². The fraction of sp³-hybridized carbons (Fsp3) is 0.586. The molecule has 71 heavy (non-hydrogen) atoms. The van der Waals surface area contributed by atoms with Crippen LogP contribution in [0.25, 0.3) is 0 Å². The Bertz CT molecular complexity index is 2180. The van der Waals surface area contributed by atoms with Gasteiger partial charge < -0.3 is 34.0 Å². The number of allylic oxidation sites excluding steroid dienone is 1. The van der Waals surface area contributed by atoms with Gasteiger partial charge in [0.25, 0.3) is 5.69 Å². The number of nitro groups is 1. The highest BCUT2D eigenvalue weighted by Crippen LogP contribution is 2.63. The lowest BCUT2D eigenvalue weighted by atomic mass is 9.56. The van der Waals surface area contributed by atoms with E-state index < -0.39 is 10.7 Å². The number of unbranched alkanes of at least 4 members (excludes halogenated alkanes) is 15. The number of carbonyl (C=O) groups excluding carboxylic acids is 1. The molecule has 0 aromatic heterocycles. The Hall–Kier alpha value is -4.69. The second-order valence-corrected chi connectivity index (χ2v) is 20.8. The number of aliphatic hydroxyl groups excluding tert-OH is 2. The van der Waals surface area contributed by atoms with Gasteiger partial charge in [-0.25, -0.2) is 0 Å². The van der Waals surface area contributed by atoms with E-state index in [2.05, 4.69) is 25.6 Å². The van der Waals surface area contributed by atoms with Crippen molar-refractivity contribution < 1.29 is 43.7 Å². The van der Waals surface area contributed by atoms with Crippen LogP contribution in [0.5, 0.6) is 23.0 Å². The van der Waals surface area contributed by atoms with Gasteiger partial charge in [0, 0.05) is 43.2 Å². The predicted octanol–water partition coefficient (Wildman–Crippen LogP) is 14.3. The van der Waals surface area contributed by atoms with Crippen LogP contribution in [0.2, 0.25) is 0 Å². The maximum Gasteiger partial charge on any atom is 0.269 e. The quantitative estimate of drug-likeness (QED) is 0.0190. The molecular formula is C58H80N2O10S. The van der Waals surface area contributed by atoms with E-state index in [4.69, 9.17) is 28.9 Å². The van der Waals surface area contributed by atoms with Crippen LogP contribution < -0.4 is 14.2 Å². The normalized spacial score (nSPS) is 21.7. The zero-order valence-electron chi connectivity index (χ0n) is 42.4. The van der Waals surface area contributed by atoms with E-state index in [0.29, 0.717) is 42.1 Å². The third-order valence-corrected chi connectivity index (χ3v) is 16.0. The summed E-state index contributed by atoms with van der Waals surface area (Å²) < 4.78 is 26.5. The molecule has 6 atom stereocenters. The Morgan fingerprint density at radius 1 is 0.845 bits per heavy atom. The molecule has 0 saturated heterocycles. The van der Waals surface area contributed by atoms with Gasteiger partial charge in [-0.2, -0.15) is 11.8 Å². The van der Waals surface area contributed by atoms with E-state index >= 15 is 0 Å². The molecular weight excluding hydrogens is 917 g/mol. The number of rotatable bonds is 35. The van der Waals surface area contributed by atoms with Crippen LogP contribution >= 0.6 is 11.8 Å². The van der Waals surface area contributed by atoms with Crippen molar-refractivity contribution in [2.75, 3.05) is 32.7 Å². The first-order valence-corrected chi connectivity index (χ1v) is 27.7. The summed E-state index contributed by atoms with van der Waals surface area (Å²) in [6.07, 6.45) is 28.3. The molecule has 1 heterocycles. The van der Waals surface area contributed by atoms with Crippen molar-refractivity contribution in [2.24, 2.45) is 22.9 Å². The number of ether oxygens (including phenoxy) is 4. The molecule has 1 saturated carbocycles. The SMILES string of the molecule is C=CCO[C@@]12Oc3ccc(Oc4ccc(OC)c(C=O)c4)cc3[C@H]3[C@H](CCCCO)[C@@H](CCCCO)C=C(C(=NOCc4ccc([N+](=O)[O-])cc4)C[C@@H]1SCCCCCCCCCCCCCCCC)[C@H]32. The molecule has 3 aliphatic rings. The van der Waals surface area contributed by atoms with Crippen LogP contribution in [-0.2, 0) is 16.2 Å². The number of benzene rings is 3. The number of hydrogen-bond acceptors (Lipinski definition) is 12. The Kier molecular flexibility index (Phi) is 23.3. The number of methoxy groups -OCH3 is 1. The van der Waals surface area contributed by atoms with E-state index in [1.165, 1.54) is 96.3 Å².